The van der Waals surface area contributed by atoms with Gasteiger partial charge in [-0.25, -0.2) is 0 Å². The highest BCUT2D eigenvalue weighted by molar-refractivity contribution is 5.72. The van der Waals surface area contributed by atoms with Crippen LogP contribution in [0.4, 0.5) is 0 Å². The Morgan fingerprint density at radius 2 is 1.56 bits per heavy atom. The summed E-state index contributed by atoms with van der Waals surface area (Å²) in [6, 6.07) is 0. The van der Waals surface area contributed by atoms with E-state index in [9.17, 15) is 20.1 Å². The van der Waals surface area contributed by atoms with Crippen molar-refractivity contribution in [1.82, 2.24) is 4.90 Å². The minimum Gasteiger partial charge on any atom is -0.394 e. The van der Waals surface area contributed by atoms with Crippen LogP contribution in [0, 0.1) is 0 Å². The average Bonchev–Trinajstić information content (AvgIpc) is 2.25. The Kier molecular flexibility index (Phi) is 6.46. The van der Waals surface area contributed by atoms with Crippen LogP contribution in [0.25, 0.3) is 0 Å². The Labute approximate surface area is 93.6 Å². The third kappa shape index (κ3) is 4.42. The molecule has 0 bridgehead atoms. The number of likely N-dealkylation sites (N-methyl/N-ethyl adjacent to an activating group) is 1. The summed E-state index contributed by atoms with van der Waals surface area (Å²) in [5.74, 6) is -0.302. The van der Waals surface area contributed by atoms with Gasteiger partial charge in [-0.2, -0.15) is 0 Å². The Morgan fingerprint density at radius 3 is 1.94 bits per heavy atom. The topological polar surface area (TPSA) is 121 Å². The molecule has 0 aliphatic carbocycles. The van der Waals surface area contributed by atoms with Gasteiger partial charge < -0.3 is 30.4 Å². The molecule has 0 aliphatic heterocycles. The van der Waals surface area contributed by atoms with Crippen LogP contribution in [-0.4, -0.2) is 81.0 Å². The molecule has 0 aliphatic rings. The van der Waals surface area contributed by atoms with E-state index in [1.165, 1.54) is 14.0 Å². The van der Waals surface area contributed by atoms with E-state index in [0.29, 0.717) is 0 Å². The number of nitrogens with zero attached hydrogens (tertiary/aromatic N) is 1. The second-order valence-corrected chi connectivity index (χ2v) is 3.70. The first-order chi connectivity index (χ1) is 7.31. The van der Waals surface area contributed by atoms with Crippen LogP contribution < -0.4 is 0 Å². The molecule has 5 N–H and O–H groups in total. The van der Waals surface area contributed by atoms with Gasteiger partial charge in [0.15, 0.2) is 0 Å². The fourth-order valence-electron chi connectivity index (χ4n) is 1.08. The molecule has 0 spiro atoms. The van der Waals surface area contributed by atoms with Crippen LogP contribution in [0.2, 0.25) is 0 Å². The Bertz CT molecular complexity index is 224. The molecule has 7 heteroatoms. The summed E-state index contributed by atoms with van der Waals surface area (Å²) in [5, 5.41) is 45.7. The molecule has 4 atom stereocenters. The van der Waals surface area contributed by atoms with Crippen molar-refractivity contribution < 1.29 is 30.3 Å². The fourth-order valence-corrected chi connectivity index (χ4v) is 1.08. The molecule has 1 amide bonds. The van der Waals surface area contributed by atoms with Crippen LogP contribution in [-0.2, 0) is 4.79 Å². The molecule has 0 aromatic heterocycles. The van der Waals surface area contributed by atoms with Crippen LogP contribution in [0.15, 0.2) is 0 Å². The van der Waals surface area contributed by atoms with E-state index in [0.717, 1.165) is 4.90 Å². The van der Waals surface area contributed by atoms with Gasteiger partial charge in [0.05, 0.1) is 6.61 Å². The van der Waals surface area contributed by atoms with Crippen LogP contribution in [0.1, 0.15) is 6.92 Å². The summed E-state index contributed by atoms with van der Waals surface area (Å²) in [5.41, 5.74) is 0. The van der Waals surface area contributed by atoms with Crippen LogP contribution in [0.5, 0.6) is 0 Å². The smallest absolute Gasteiger partial charge is 0.219 e. The second-order valence-electron chi connectivity index (χ2n) is 3.70. The fraction of sp³-hybridized carbons (Fsp3) is 0.889. The predicted octanol–water partition coefficient (Wildman–Crippen LogP) is -3.10. The van der Waals surface area contributed by atoms with Crippen molar-refractivity contribution in [3.63, 3.8) is 0 Å². The van der Waals surface area contributed by atoms with Crippen LogP contribution in [0.3, 0.4) is 0 Å². The zero-order valence-electron chi connectivity index (χ0n) is 9.32. The highest BCUT2D eigenvalue weighted by Crippen LogP contribution is 2.06. The number of rotatable bonds is 6. The van der Waals surface area contributed by atoms with Crippen molar-refractivity contribution in [2.24, 2.45) is 0 Å². The van der Waals surface area contributed by atoms with Crippen molar-refractivity contribution in [3.8, 4) is 0 Å². The molecule has 0 radical (unpaired) electrons. The van der Waals surface area contributed by atoms with E-state index in [1.807, 2.05) is 0 Å². The van der Waals surface area contributed by atoms with Gasteiger partial charge in [0.2, 0.25) is 5.91 Å². The van der Waals surface area contributed by atoms with Gasteiger partial charge >= 0.3 is 0 Å². The summed E-state index contributed by atoms with van der Waals surface area (Å²) in [6.07, 6.45) is -6.23. The number of aliphatic hydroxyl groups is 5. The third-order valence-corrected chi connectivity index (χ3v) is 2.32. The van der Waals surface area contributed by atoms with E-state index in [1.54, 1.807) is 0 Å². The lowest BCUT2D eigenvalue weighted by Gasteiger charge is -2.28. The number of carbonyl (C=O) groups is 1. The average molecular weight is 237 g/mol. The predicted molar refractivity (Wildman–Crippen MR) is 54.4 cm³/mol. The highest BCUT2D eigenvalue weighted by Gasteiger charge is 2.30. The van der Waals surface area contributed by atoms with E-state index in [-0.39, 0.29) is 12.5 Å². The summed E-state index contributed by atoms with van der Waals surface area (Å²) < 4.78 is 0. The molecule has 0 aromatic rings. The number of hydrogen-bond acceptors (Lipinski definition) is 6. The minimum atomic E-state index is -1.67. The first-order valence-electron chi connectivity index (χ1n) is 4.86. The molecule has 0 aromatic carbocycles. The summed E-state index contributed by atoms with van der Waals surface area (Å²) in [7, 11) is 1.42. The van der Waals surface area contributed by atoms with E-state index < -0.39 is 31.0 Å². The SMILES string of the molecule is CC(=O)N(C)C[C@H](O)[C@@H](O)[C@H](O)[C@H](O)CO. The quantitative estimate of drug-likeness (QED) is 0.333. The van der Waals surface area contributed by atoms with E-state index >= 15 is 0 Å². The standard InChI is InChI=1S/C9H19NO6/c1-5(12)10(2)3-6(13)8(15)9(16)7(14)4-11/h6-9,11,13-16H,3-4H2,1-2H3/t6-,7+,8+,9+/m0/s1. The van der Waals surface area contributed by atoms with E-state index in [4.69, 9.17) is 10.2 Å². The first kappa shape index (κ1) is 15.3. The molecule has 7 nitrogen and oxygen atoms in total. The van der Waals surface area contributed by atoms with Crippen molar-refractivity contribution >= 4 is 5.91 Å². The number of hydrogen-bond donors (Lipinski definition) is 5. The van der Waals surface area contributed by atoms with Gasteiger partial charge in [-0.1, -0.05) is 0 Å². The Hall–Kier alpha value is -0.730. The summed E-state index contributed by atoms with van der Waals surface area (Å²) in [4.78, 5) is 12.0. The highest BCUT2D eigenvalue weighted by atomic mass is 16.4. The largest absolute Gasteiger partial charge is 0.394 e. The molecule has 96 valence electrons. The summed E-state index contributed by atoms with van der Waals surface area (Å²) in [6.45, 7) is 0.386. The zero-order valence-corrected chi connectivity index (χ0v) is 9.32. The molecule has 0 heterocycles. The Morgan fingerprint density at radius 1 is 1.12 bits per heavy atom. The second kappa shape index (κ2) is 6.77. The maximum atomic E-state index is 10.8. The first-order valence-corrected chi connectivity index (χ1v) is 4.86. The lowest BCUT2D eigenvalue weighted by Crippen LogP contribution is -2.49. The van der Waals surface area contributed by atoms with E-state index in [2.05, 4.69) is 0 Å². The van der Waals surface area contributed by atoms with Gasteiger partial charge in [0.1, 0.15) is 24.4 Å². The number of carbonyl (C=O) groups excluding carboxylic acids is 1. The molecular weight excluding hydrogens is 218 g/mol. The monoisotopic (exact) mass is 237 g/mol. The van der Waals surface area contributed by atoms with Gasteiger partial charge in [0.25, 0.3) is 0 Å². The minimum absolute atomic E-state index is 0.175. The van der Waals surface area contributed by atoms with Gasteiger partial charge in [-0.15, -0.1) is 0 Å². The molecule has 0 saturated carbocycles. The lowest BCUT2D eigenvalue weighted by molar-refractivity contribution is -0.136. The van der Waals surface area contributed by atoms with Crippen molar-refractivity contribution in [2.75, 3.05) is 20.2 Å². The maximum absolute atomic E-state index is 10.8. The summed E-state index contributed by atoms with van der Waals surface area (Å²) >= 11 is 0. The molecule has 0 rings (SSSR count). The molecular formula is C9H19NO6. The van der Waals surface area contributed by atoms with Crippen molar-refractivity contribution in [3.05, 3.63) is 0 Å². The van der Waals surface area contributed by atoms with Gasteiger partial charge in [-0.3, -0.25) is 4.79 Å². The Balaban J connectivity index is 4.27. The molecule has 0 fully saturated rings. The molecule has 16 heavy (non-hydrogen) atoms. The normalized spacial score (nSPS) is 18.7. The van der Waals surface area contributed by atoms with Crippen molar-refractivity contribution in [2.45, 2.75) is 31.3 Å². The van der Waals surface area contributed by atoms with Gasteiger partial charge in [0, 0.05) is 20.5 Å². The lowest BCUT2D eigenvalue weighted by atomic mass is 10.0. The molecule has 0 saturated heterocycles. The molecule has 0 unspecified atom stereocenters. The maximum Gasteiger partial charge on any atom is 0.219 e. The third-order valence-electron chi connectivity index (χ3n) is 2.32. The number of amides is 1. The number of aliphatic hydroxyl groups excluding tert-OH is 5. The van der Waals surface area contributed by atoms with Crippen LogP contribution >= 0.6 is 0 Å². The zero-order chi connectivity index (χ0) is 12.9. The van der Waals surface area contributed by atoms with Crippen molar-refractivity contribution in [1.29, 1.82) is 0 Å². The van der Waals surface area contributed by atoms with Gasteiger partial charge in [-0.05, 0) is 0 Å².